The maximum Gasteiger partial charge on any atom is 0.180 e. The Labute approximate surface area is 124 Å². The largest absolute Gasteiger partial charge is 0.483 e. The normalized spacial score (nSPS) is 24.0. The van der Waals surface area contributed by atoms with Crippen molar-refractivity contribution in [2.45, 2.75) is 64.6 Å². The maximum absolute atomic E-state index is 6.12. The first kappa shape index (κ1) is 12.9. The molecule has 1 aliphatic heterocycles. The number of aromatic nitrogens is 3. The lowest BCUT2D eigenvalue weighted by Crippen LogP contribution is -2.58. The molecule has 21 heavy (non-hydrogen) atoms. The van der Waals surface area contributed by atoms with Gasteiger partial charge >= 0.3 is 0 Å². The topological polar surface area (TPSA) is 42.7 Å². The summed E-state index contributed by atoms with van der Waals surface area (Å²) in [6.45, 7) is 8.82. The molecule has 4 rings (SSSR count). The minimum Gasteiger partial charge on any atom is -0.483 e. The molecule has 5 heteroatoms. The Morgan fingerprint density at radius 2 is 2.05 bits per heavy atom. The van der Waals surface area contributed by atoms with Crippen LogP contribution in [-0.4, -0.2) is 32.8 Å². The summed E-state index contributed by atoms with van der Waals surface area (Å²) in [5.74, 6) is 2.28. The molecule has 1 aliphatic carbocycles. The van der Waals surface area contributed by atoms with E-state index in [1.165, 1.54) is 12.0 Å². The van der Waals surface area contributed by atoms with E-state index in [1.54, 1.807) is 0 Å². The first-order chi connectivity index (χ1) is 10.1. The lowest BCUT2D eigenvalue weighted by Gasteiger charge is -2.50. The van der Waals surface area contributed by atoms with E-state index in [9.17, 15) is 0 Å². The van der Waals surface area contributed by atoms with Gasteiger partial charge in [0.05, 0.1) is 18.4 Å². The van der Waals surface area contributed by atoms with Gasteiger partial charge in [-0.2, -0.15) is 5.10 Å². The highest BCUT2D eigenvalue weighted by Crippen LogP contribution is 2.43. The molecule has 3 heterocycles. The van der Waals surface area contributed by atoms with Crippen molar-refractivity contribution in [2.24, 2.45) is 0 Å². The Morgan fingerprint density at radius 3 is 2.67 bits per heavy atom. The summed E-state index contributed by atoms with van der Waals surface area (Å²) in [5, 5.41) is 4.44. The third kappa shape index (κ3) is 1.76. The van der Waals surface area contributed by atoms with Crippen molar-refractivity contribution in [1.29, 1.82) is 0 Å². The molecule has 0 unspecified atom stereocenters. The molecular weight excluding hydrogens is 264 g/mol. The Balaban J connectivity index is 1.90. The molecule has 0 N–H and O–H groups in total. The van der Waals surface area contributed by atoms with Crippen LogP contribution in [0.15, 0.2) is 12.4 Å². The molecule has 0 saturated heterocycles. The van der Waals surface area contributed by atoms with Crippen LogP contribution >= 0.6 is 0 Å². The van der Waals surface area contributed by atoms with Crippen molar-refractivity contribution in [3.05, 3.63) is 18.0 Å². The lowest BCUT2D eigenvalue weighted by atomic mass is 9.85. The van der Waals surface area contributed by atoms with Crippen molar-refractivity contribution in [1.82, 2.24) is 14.6 Å². The van der Waals surface area contributed by atoms with Crippen LogP contribution in [0, 0.1) is 0 Å². The van der Waals surface area contributed by atoms with E-state index in [0.717, 1.165) is 23.6 Å². The predicted octanol–water partition coefficient (Wildman–Crippen LogP) is 2.99. The molecule has 2 aromatic rings. The van der Waals surface area contributed by atoms with Crippen molar-refractivity contribution >= 4 is 11.5 Å². The van der Waals surface area contributed by atoms with Crippen LogP contribution in [0.2, 0.25) is 0 Å². The number of hydrogen-bond acceptors (Lipinski definition) is 4. The quantitative estimate of drug-likeness (QED) is 0.851. The summed E-state index contributed by atoms with van der Waals surface area (Å²) in [6, 6.07) is 0.915. The number of hydrogen-bond donors (Lipinski definition) is 0. The fraction of sp³-hybridized carbons (Fsp3) is 0.625. The van der Waals surface area contributed by atoms with Gasteiger partial charge in [-0.05, 0) is 32.6 Å². The summed E-state index contributed by atoms with van der Waals surface area (Å²) in [5.41, 5.74) is 2.15. The molecule has 1 fully saturated rings. The van der Waals surface area contributed by atoms with Gasteiger partial charge in [-0.15, -0.1) is 0 Å². The molecule has 0 aromatic carbocycles. The van der Waals surface area contributed by atoms with Crippen LogP contribution in [0.25, 0.3) is 5.65 Å². The van der Waals surface area contributed by atoms with Crippen molar-refractivity contribution in [2.75, 3.05) is 4.90 Å². The molecule has 5 nitrogen and oxygen atoms in total. The molecule has 1 saturated carbocycles. The van der Waals surface area contributed by atoms with Crippen molar-refractivity contribution < 1.29 is 4.74 Å². The molecular formula is C16H22N4O. The second-order valence-corrected chi connectivity index (χ2v) is 6.75. The molecule has 112 valence electrons. The zero-order valence-electron chi connectivity index (χ0n) is 13.1. The first-order valence-electron chi connectivity index (χ1n) is 7.89. The van der Waals surface area contributed by atoms with E-state index >= 15 is 0 Å². The highest BCUT2D eigenvalue weighted by Gasteiger charge is 2.44. The fourth-order valence-corrected chi connectivity index (χ4v) is 3.43. The van der Waals surface area contributed by atoms with E-state index in [1.807, 2.05) is 16.9 Å². The minimum atomic E-state index is 0.319. The van der Waals surface area contributed by atoms with Gasteiger partial charge in [-0.25, -0.2) is 9.50 Å². The first-order valence-corrected chi connectivity index (χ1v) is 7.89. The summed E-state index contributed by atoms with van der Waals surface area (Å²) in [6.07, 6.45) is 6.58. The van der Waals surface area contributed by atoms with E-state index < -0.39 is 0 Å². The zero-order chi connectivity index (χ0) is 14.7. The number of ether oxygens (including phenoxy) is 1. The summed E-state index contributed by atoms with van der Waals surface area (Å²) in [7, 11) is 0. The average Bonchev–Trinajstić information content (AvgIpc) is 2.81. The third-order valence-electron chi connectivity index (χ3n) is 4.70. The van der Waals surface area contributed by atoms with Crippen LogP contribution in [0.3, 0.4) is 0 Å². The number of rotatable bonds is 2. The van der Waals surface area contributed by atoms with Crippen molar-refractivity contribution in [3.63, 3.8) is 0 Å². The van der Waals surface area contributed by atoms with Gasteiger partial charge in [0.25, 0.3) is 0 Å². The predicted molar refractivity (Wildman–Crippen MR) is 82.1 cm³/mol. The smallest absolute Gasteiger partial charge is 0.180 e. The molecule has 0 bridgehead atoms. The fourth-order valence-electron chi connectivity index (χ4n) is 3.43. The van der Waals surface area contributed by atoms with Crippen LogP contribution in [0.5, 0.6) is 5.75 Å². The highest BCUT2D eigenvalue weighted by molar-refractivity contribution is 5.63. The van der Waals surface area contributed by atoms with Gasteiger partial charge in [-0.3, -0.25) is 0 Å². The van der Waals surface area contributed by atoms with Gasteiger partial charge < -0.3 is 9.64 Å². The molecule has 2 atom stereocenters. The Morgan fingerprint density at radius 1 is 1.24 bits per heavy atom. The number of fused-ring (bicyclic) bond motifs is 3. The average molecular weight is 286 g/mol. The molecule has 0 radical (unpaired) electrons. The SMILES string of the molecule is CC(C)c1cnn2cc3c(nc12)N(C(C)C)[C@@H]1CC[C@H]1O3. The van der Waals surface area contributed by atoms with Gasteiger partial charge in [0, 0.05) is 11.6 Å². The van der Waals surface area contributed by atoms with Gasteiger partial charge in [0.15, 0.2) is 17.2 Å². The molecule has 2 aromatic heterocycles. The molecule has 0 amide bonds. The monoisotopic (exact) mass is 286 g/mol. The Hall–Kier alpha value is -1.78. The van der Waals surface area contributed by atoms with E-state index in [2.05, 4.69) is 37.7 Å². The van der Waals surface area contributed by atoms with Crippen LogP contribution in [0.1, 0.15) is 52.0 Å². The summed E-state index contributed by atoms with van der Waals surface area (Å²) < 4.78 is 7.98. The second-order valence-electron chi connectivity index (χ2n) is 6.75. The van der Waals surface area contributed by atoms with Gasteiger partial charge in [0.2, 0.25) is 0 Å². The number of nitrogens with zero attached hydrogens (tertiary/aromatic N) is 4. The standard InChI is InChI=1S/C16H22N4O/c1-9(2)11-7-17-19-8-14-16(18-15(11)19)20(10(3)4)12-5-6-13(12)21-14/h7-10,12-13H,5-6H2,1-4H3/t12-,13-/m1/s1. The summed E-state index contributed by atoms with van der Waals surface area (Å²) in [4.78, 5) is 7.35. The minimum absolute atomic E-state index is 0.319. The second kappa shape index (κ2) is 4.36. The lowest BCUT2D eigenvalue weighted by molar-refractivity contribution is 0.0689. The van der Waals surface area contributed by atoms with Crippen LogP contribution in [0.4, 0.5) is 5.82 Å². The van der Waals surface area contributed by atoms with E-state index in [4.69, 9.17) is 9.72 Å². The number of anilines is 1. The zero-order valence-corrected chi connectivity index (χ0v) is 13.1. The van der Waals surface area contributed by atoms with E-state index in [0.29, 0.717) is 24.1 Å². The molecule has 0 spiro atoms. The van der Waals surface area contributed by atoms with Crippen LogP contribution < -0.4 is 9.64 Å². The van der Waals surface area contributed by atoms with Gasteiger partial charge in [0.1, 0.15) is 6.10 Å². The summed E-state index contributed by atoms with van der Waals surface area (Å²) >= 11 is 0. The Kier molecular flexibility index (Phi) is 2.68. The molecule has 2 aliphatic rings. The highest BCUT2D eigenvalue weighted by atomic mass is 16.5. The third-order valence-corrected chi connectivity index (χ3v) is 4.70. The Bertz CT molecular complexity index is 691. The van der Waals surface area contributed by atoms with Crippen LogP contribution in [-0.2, 0) is 0 Å². The van der Waals surface area contributed by atoms with Crippen molar-refractivity contribution in [3.8, 4) is 5.75 Å². The maximum atomic E-state index is 6.12. The van der Waals surface area contributed by atoms with Gasteiger partial charge in [-0.1, -0.05) is 13.8 Å². The van der Waals surface area contributed by atoms with E-state index in [-0.39, 0.29) is 0 Å².